The van der Waals surface area contributed by atoms with Crippen LogP contribution in [0.15, 0.2) is 12.4 Å². The van der Waals surface area contributed by atoms with Gasteiger partial charge >= 0.3 is 0 Å². The molecule has 0 aliphatic rings. The van der Waals surface area contributed by atoms with Crippen molar-refractivity contribution < 1.29 is 4.57 Å². The maximum Gasteiger partial charge on any atom is 0.257 e. The molecule has 2 atom stereocenters. The van der Waals surface area contributed by atoms with E-state index in [1.54, 1.807) is 0 Å². The van der Waals surface area contributed by atoms with Crippen LogP contribution in [0, 0.1) is 0 Å². The highest BCUT2D eigenvalue weighted by Gasteiger charge is 2.25. The third kappa shape index (κ3) is 13.4. The first-order valence-electron chi connectivity index (χ1n) is 14.3. The van der Waals surface area contributed by atoms with Gasteiger partial charge in [-0.25, -0.2) is 9.55 Å². The summed E-state index contributed by atoms with van der Waals surface area (Å²) in [6, 6.07) is 0.622. The van der Waals surface area contributed by atoms with Crippen LogP contribution in [0.25, 0.3) is 0 Å². The Balaban J connectivity index is 2.38. The molecule has 2 heteroatoms. The van der Waals surface area contributed by atoms with E-state index in [1.165, 1.54) is 134 Å². The van der Waals surface area contributed by atoms with E-state index in [-0.39, 0.29) is 0 Å². The Kier molecular flexibility index (Phi) is 18.1. The van der Waals surface area contributed by atoms with Crippen molar-refractivity contribution in [3.63, 3.8) is 0 Å². The normalized spacial score (nSPS) is 13.5. The Morgan fingerprint density at radius 1 is 0.613 bits per heavy atom. The quantitative estimate of drug-likeness (QED) is 0.139. The lowest BCUT2D eigenvalue weighted by Gasteiger charge is -2.17. The van der Waals surface area contributed by atoms with Crippen molar-refractivity contribution in [1.82, 2.24) is 4.98 Å². The van der Waals surface area contributed by atoms with Gasteiger partial charge in [0.05, 0.1) is 12.0 Å². The Labute approximate surface area is 196 Å². The van der Waals surface area contributed by atoms with Crippen LogP contribution in [0.1, 0.15) is 174 Å². The average Bonchev–Trinajstić information content (AvgIpc) is 3.27. The second-order valence-electron chi connectivity index (χ2n) is 10.1. The number of hydrogen-bond acceptors (Lipinski definition) is 0. The highest BCUT2D eigenvalue weighted by molar-refractivity contribution is 4.90. The minimum Gasteiger partial charge on any atom is -0.247 e. The minimum absolute atomic E-state index is 0.622. The van der Waals surface area contributed by atoms with Gasteiger partial charge in [-0.3, -0.25) is 0 Å². The van der Waals surface area contributed by atoms with Crippen LogP contribution < -0.4 is 4.57 Å². The molecule has 2 unspecified atom stereocenters. The molecule has 2 nitrogen and oxygen atoms in total. The number of nitrogens with one attached hydrogen (secondary N) is 1. The summed E-state index contributed by atoms with van der Waals surface area (Å²) < 4.78 is 2.57. The number of aromatic amines is 1. The van der Waals surface area contributed by atoms with Crippen molar-refractivity contribution in [2.24, 2.45) is 0 Å². The van der Waals surface area contributed by atoms with E-state index in [2.05, 4.69) is 49.6 Å². The van der Waals surface area contributed by atoms with Crippen LogP contribution in [-0.4, -0.2) is 4.98 Å². The molecule has 0 bridgehead atoms. The van der Waals surface area contributed by atoms with E-state index < -0.39 is 0 Å². The van der Waals surface area contributed by atoms with E-state index in [4.69, 9.17) is 0 Å². The molecule has 182 valence electrons. The largest absolute Gasteiger partial charge is 0.257 e. The summed E-state index contributed by atoms with van der Waals surface area (Å²) in [7, 11) is 0. The Morgan fingerprint density at radius 3 is 1.58 bits per heavy atom. The SMILES string of the molecule is CCCCCCCCCCCCCC(CCCCCC)c1[nH]cc[n+]1C(C)CCCC. The number of rotatable bonds is 22. The van der Waals surface area contributed by atoms with Gasteiger partial charge in [-0.1, -0.05) is 124 Å². The molecular formula is C29H57N2+. The molecule has 1 N–H and O–H groups in total. The van der Waals surface area contributed by atoms with Gasteiger partial charge in [-0.05, 0) is 32.6 Å². The molecule has 1 aromatic heterocycles. The first-order chi connectivity index (χ1) is 15.2. The van der Waals surface area contributed by atoms with Crippen LogP contribution in [0.5, 0.6) is 0 Å². The van der Waals surface area contributed by atoms with Gasteiger partial charge in [0.25, 0.3) is 5.82 Å². The van der Waals surface area contributed by atoms with Gasteiger partial charge in [0.2, 0.25) is 0 Å². The Morgan fingerprint density at radius 2 is 1.06 bits per heavy atom. The second kappa shape index (κ2) is 19.9. The molecule has 1 heterocycles. The molecule has 0 aromatic carbocycles. The first-order valence-corrected chi connectivity index (χ1v) is 14.3. The number of unbranched alkanes of at least 4 members (excludes halogenated alkanes) is 14. The average molecular weight is 434 g/mol. The second-order valence-corrected chi connectivity index (χ2v) is 10.1. The predicted molar refractivity (Wildman–Crippen MR) is 138 cm³/mol. The van der Waals surface area contributed by atoms with Gasteiger partial charge in [0, 0.05) is 0 Å². The molecule has 0 fully saturated rings. The number of hydrogen-bond donors (Lipinski definition) is 1. The predicted octanol–water partition coefficient (Wildman–Crippen LogP) is 9.81. The highest BCUT2D eigenvalue weighted by atomic mass is 15.1. The van der Waals surface area contributed by atoms with Crippen LogP contribution in [0.2, 0.25) is 0 Å². The van der Waals surface area contributed by atoms with Crippen molar-refractivity contribution >= 4 is 0 Å². The number of aromatic nitrogens is 2. The molecule has 0 aliphatic heterocycles. The van der Waals surface area contributed by atoms with E-state index in [1.807, 2.05) is 0 Å². The zero-order chi connectivity index (χ0) is 22.6. The summed E-state index contributed by atoms with van der Waals surface area (Å²) in [6.45, 7) is 9.33. The maximum atomic E-state index is 3.66. The third-order valence-electron chi connectivity index (χ3n) is 7.14. The molecule has 0 saturated heterocycles. The Hall–Kier alpha value is -0.790. The molecular weight excluding hydrogens is 376 g/mol. The molecule has 0 aliphatic carbocycles. The fourth-order valence-corrected chi connectivity index (χ4v) is 5.00. The Bertz CT molecular complexity index is 493. The number of imidazole rings is 1. The monoisotopic (exact) mass is 433 g/mol. The van der Waals surface area contributed by atoms with Crippen LogP contribution in [0.4, 0.5) is 0 Å². The fourth-order valence-electron chi connectivity index (χ4n) is 5.00. The van der Waals surface area contributed by atoms with Crippen LogP contribution in [0.3, 0.4) is 0 Å². The molecule has 0 spiro atoms. The lowest BCUT2D eigenvalue weighted by molar-refractivity contribution is -0.727. The van der Waals surface area contributed by atoms with Gasteiger partial charge in [-0.2, -0.15) is 0 Å². The van der Waals surface area contributed by atoms with Crippen molar-refractivity contribution in [1.29, 1.82) is 0 Å². The molecule has 0 amide bonds. The first kappa shape index (κ1) is 28.2. The van der Waals surface area contributed by atoms with Gasteiger partial charge < -0.3 is 0 Å². The summed E-state index contributed by atoms with van der Waals surface area (Å²) in [4.78, 5) is 3.66. The minimum atomic E-state index is 0.622. The van der Waals surface area contributed by atoms with E-state index in [0.717, 1.165) is 5.92 Å². The van der Waals surface area contributed by atoms with E-state index in [9.17, 15) is 0 Å². The topological polar surface area (TPSA) is 19.7 Å². The maximum absolute atomic E-state index is 3.66. The lowest BCUT2D eigenvalue weighted by atomic mass is 9.93. The van der Waals surface area contributed by atoms with Gasteiger partial charge in [0.15, 0.2) is 0 Å². The van der Waals surface area contributed by atoms with Gasteiger partial charge in [0.1, 0.15) is 12.4 Å². The summed E-state index contributed by atoms with van der Waals surface area (Å²) in [6.07, 6.45) is 32.4. The lowest BCUT2D eigenvalue weighted by Crippen LogP contribution is -2.41. The van der Waals surface area contributed by atoms with Crippen LogP contribution >= 0.6 is 0 Å². The molecule has 1 aromatic rings. The van der Waals surface area contributed by atoms with E-state index >= 15 is 0 Å². The molecule has 31 heavy (non-hydrogen) atoms. The number of H-pyrrole nitrogens is 1. The summed E-state index contributed by atoms with van der Waals surface area (Å²) in [5.74, 6) is 2.22. The summed E-state index contributed by atoms with van der Waals surface area (Å²) in [5, 5.41) is 0. The standard InChI is InChI=1S/C29H56N2/c1-5-8-11-13-14-15-16-17-18-19-21-24-28(23-20-12-9-6-2)29-30-25-26-31(29)27(4)22-10-7-3/h25-28H,5-24H2,1-4H3/p+1. The van der Waals surface area contributed by atoms with Crippen molar-refractivity contribution in [3.05, 3.63) is 18.2 Å². The molecule has 0 radical (unpaired) electrons. The fraction of sp³-hybridized carbons (Fsp3) is 0.897. The zero-order valence-electron chi connectivity index (χ0n) is 21.9. The zero-order valence-corrected chi connectivity index (χ0v) is 21.9. The van der Waals surface area contributed by atoms with Crippen molar-refractivity contribution in [2.75, 3.05) is 0 Å². The highest BCUT2D eigenvalue weighted by Crippen LogP contribution is 2.27. The summed E-state index contributed by atoms with van der Waals surface area (Å²) in [5.41, 5.74) is 0. The third-order valence-corrected chi connectivity index (χ3v) is 7.14. The summed E-state index contributed by atoms with van der Waals surface area (Å²) >= 11 is 0. The van der Waals surface area contributed by atoms with Gasteiger partial charge in [-0.15, -0.1) is 0 Å². The molecule has 0 saturated carbocycles. The van der Waals surface area contributed by atoms with Crippen molar-refractivity contribution in [2.45, 2.75) is 168 Å². The molecule has 1 rings (SSSR count). The van der Waals surface area contributed by atoms with Crippen molar-refractivity contribution in [3.8, 4) is 0 Å². The smallest absolute Gasteiger partial charge is 0.247 e. The van der Waals surface area contributed by atoms with E-state index in [0.29, 0.717) is 6.04 Å². The number of nitrogens with zero attached hydrogens (tertiary/aromatic N) is 1. The van der Waals surface area contributed by atoms with Crippen LogP contribution in [-0.2, 0) is 0 Å².